The Balaban J connectivity index is 1.67. The lowest BCUT2D eigenvalue weighted by atomic mass is 10.1. The van der Waals surface area contributed by atoms with Crippen molar-refractivity contribution in [2.45, 2.75) is 45.9 Å². The first-order valence-corrected chi connectivity index (χ1v) is 10.8. The predicted octanol–water partition coefficient (Wildman–Crippen LogP) is 5.13. The van der Waals surface area contributed by atoms with E-state index in [-0.39, 0.29) is 5.82 Å². The largest absolute Gasteiger partial charge is 0.391 e. The SMILES string of the molecule is CC(C)CCN(Cc1cccn1Cc1ccccc1F)C[C@@H](O)Cc1ccccc1. The van der Waals surface area contributed by atoms with E-state index < -0.39 is 6.10 Å². The van der Waals surface area contributed by atoms with Crippen LogP contribution >= 0.6 is 0 Å². The molecule has 3 rings (SSSR count). The second kappa shape index (κ2) is 11.1. The molecule has 0 bridgehead atoms. The van der Waals surface area contributed by atoms with Crippen molar-refractivity contribution in [1.82, 2.24) is 9.47 Å². The lowest BCUT2D eigenvalue weighted by molar-refractivity contribution is 0.104. The average Bonchev–Trinajstić information content (AvgIpc) is 3.15. The van der Waals surface area contributed by atoms with E-state index in [1.165, 1.54) is 6.07 Å². The average molecular weight is 409 g/mol. The van der Waals surface area contributed by atoms with Gasteiger partial charge in [0.25, 0.3) is 0 Å². The van der Waals surface area contributed by atoms with Crippen LogP contribution in [-0.4, -0.2) is 33.8 Å². The Kier molecular flexibility index (Phi) is 8.23. The molecular formula is C26H33FN2O. The maximum atomic E-state index is 14.1. The third kappa shape index (κ3) is 6.82. The zero-order valence-corrected chi connectivity index (χ0v) is 18.0. The smallest absolute Gasteiger partial charge is 0.128 e. The number of benzene rings is 2. The summed E-state index contributed by atoms with van der Waals surface area (Å²) in [5, 5.41) is 10.7. The summed E-state index contributed by atoms with van der Waals surface area (Å²) >= 11 is 0. The fourth-order valence-electron chi connectivity index (χ4n) is 3.71. The Hall–Kier alpha value is -2.43. The molecule has 1 aromatic heterocycles. The maximum Gasteiger partial charge on any atom is 0.128 e. The fourth-order valence-corrected chi connectivity index (χ4v) is 3.71. The van der Waals surface area contributed by atoms with Crippen LogP contribution in [0.1, 0.15) is 37.1 Å². The van der Waals surface area contributed by atoms with Crippen LogP contribution in [0.2, 0.25) is 0 Å². The first-order chi connectivity index (χ1) is 14.5. The molecule has 3 aromatic rings. The number of nitrogens with zero attached hydrogens (tertiary/aromatic N) is 2. The van der Waals surface area contributed by atoms with Crippen LogP contribution in [0.4, 0.5) is 4.39 Å². The zero-order chi connectivity index (χ0) is 21.3. The Morgan fingerprint density at radius 2 is 1.70 bits per heavy atom. The number of aliphatic hydroxyl groups is 1. The molecule has 1 N–H and O–H groups in total. The van der Waals surface area contributed by atoms with Gasteiger partial charge in [-0.3, -0.25) is 4.90 Å². The van der Waals surface area contributed by atoms with Gasteiger partial charge in [-0.2, -0.15) is 0 Å². The number of aliphatic hydroxyl groups excluding tert-OH is 1. The minimum Gasteiger partial charge on any atom is -0.391 e. The molecule has 2 aromatic carbocycles. The molecule has 0 radical (unpaired) electrons. The van der Waals surface area contributed by atoms with Gasteiger partial charge in [0.1, 0.15) is 5.82 Å². The summed E-state index contributed by atoms with van der Waals surface area (Å²) in [5.41, 5.74) is 2.97. The molecule has 0 unspecified atom stereocenters. The van der Waals surface area contributed by atoms with Gasteiger partial charge in [0.05, 0.1) is 12.6 Å². The van der Waals surface area contributed by atoms with Crippen molar-refractivity contribution in [1.29, 1.82) is 0 Å². The molecule has 3 nitrogen and oxygen atoms in total. The molecule has 4 heteroatoms. The summed E-state index contributed by atoms with van der Waals surface area (Å²) in [6.07, 6.45) is 3.30. The Morgan fingerprint density at radius 1 is 0.967 bits per heavy atom. The fraction of sp³-hybridized carbons (Fsp3) is 0.385. The lowest BCUT2D eigenvalue weighted by Crippen LogP contribution is -2.35. The first kappa shape index (κ1) is 22.3. The molecule has 0 aliphatic rings. The summed E-state index contributed by atoms with van der Waals surface area (Å²) in [6.45, 7) is 7.24. The maximum absolute atomic E-state index is 14.1. The summed E-state index contributed by atoms with van der Waals surface area (Å²) in [6, 6.07) is 21.2. The van der Waals surface area contributed by atoms with Crippen molar-refractivity contribution in [2.75, 3.05) is 13.1 Å². The van der Waals surface area contributed by atoms with E-state index >= 15 is 0 Å². The molecule has 1 heterocycles. The van der Waals surface area contributed by atoms with E-state index in [2.05, 4.69) is 41.5 Å². The normalized spacial score (nSPS) is 12.6. The van der Waals surface area contributed by atoms with Crippen LogP contribution in [0, 0.1) is 11.7 Å². The topological polar surface area (TPSA) is 28.4 Å². The van der Waals surface area contributed by atoms with Crippen LogP contribution in [0.25, 0.3) is 0 Å². The van der Waals surface area contributed by atoms with Crippen molar-refractivity contribution >= 4 is 0 Å². The van der Waals surface area contributed by atoms with Crippen LogP contribution < -0.4 is 0 Å². The summed E-state index contributed by atoms with van der Waals surface area (Å²) in [4.78, 5) is 2.32. The number of aromatic nitrogens is 1. The molecule has 0 aliphatic carbocycles. The highest BCUT2D eigenvalue weighted by atomic mass is 19.1. The van der Waals surface area contributed by atoms with E-state index in [1.54, 1.807) is 6.07 Å². The standard InChI is InChI=1S/C26H33FN2O/c1-21(2)14-16-28(20-25(30)17-22-9-4-3-5-10-22)19-24-12-8-15-29(24)18-23-11-6-7-13-26(23)27/h3-13,15,21,25,30H,14,16-20H2,1-2H3/t25-/m0/s1. The quantitative estimate of drug-likeness (QED) is 0.477. The lowest BCUT2D eigenvalue weighted by Gasteiger charge is -2.26. The summed E-state index contributed by atoms with van der Waals surface area (Å²) in [7, 11) is 0. The first-order valence-electron chi connectivity index (χ1n) is 10.8. The number of halogens is 1. The molecule has 1 atom stereocenters. The monoisotopic (exact) mass is 408 g/mol. The molecule has 0 amide bonds. The molecule has 160 valence electrons. The minimum atomic E-state index is -0.422. The summed E-state index contributed by atoms with van der Waals surface area (Å²) in [5.74, 6) is 0.427. The molecule has 0 aliphatic heterocycles. The van der Waals surface area contributed by atoms with Crippen molar-refractivity contribution < 1.29 is 9.50 Å². The van der Waals surface area contributed by atoms with Gasteiger partial charge in [0.2, 0.25) is 0 Å². The highest BCUT2D eigenvalue weighted by molar-refractivity contribution is 5.20. The van der Waals surface area contributed by atoms with Gasteiger partial charge in [-0.15, -0.1) is 0 Å². The van der Waals surface area contributed by atoms with E-state index in [1.807, 2.05) is 42.6 Å². The molecule has 0 saturated heterocycles. The van der Waals surface area contributed by atoms with E-state index in [0.29, 0.717) is 31.0 Å². The molecule has 0 spiro atoms. The summed E-state index contributed by atoms with van der Waals surface area (Å²) < 4.78 is 16.2. The second-order valence-electron chi connectivity index (χ2n) is 8.48. The van der Waals surface area contributed by atoms with E-state index in [4.69, 9.17) is 0 Å². The van der Waals surface area contributed by atoms with Crippen LogP contribution in [0.15, 0.2) is 72.9 Å². The zero-order valence-electron chi connectivity index (χ0n) is 18.0. The van der Waals surface area contributed by atoms with Gasteiger partial charge in [-0.25, -0.2) is 4.39 Å². The predicted molar refractivity (Wildman–Crippen MR) is 121 cm³/mol. The van der Waals surface area contributed by atoms with Crippen molar-refractivity contribution in [3.05, 3.63) is 95.6 Å². The van der Waals surface area contributed by atoms with Crippen molar-refractivity contribution in [3.8, 4) is 0 Å². The van der Waals surface area contributed by atoms with E-state index in [9.17, 15) is 9.50 Å². The Labute approximate surface area is 179 Å². The minimum absolute atomic E-state index is 0.174. The van der Waals surface area contributed by atoms with Gasteiger partial charge in [-0.1, -0.05) is 62.4 Å². The van der Waals surface area contributed by atoms with Gasteiger partial charge in [0, 0.05) is 30.5 Å². The number of rotatable bonds is 11. The molecule has 0 fully saturated rings. The number of hydrogen-bond donors (Lipinski definition) is 1. The van der Waals surface area contributed by atoms with Crippen molar-refractivity contribution in [2.24, 2.45) is 5.92 Å². The van der Waals surface area contributed by atoms with Crippen LogP contribution in [0.5, 0.6) is 0 Å². The molecular weight excluding hydrogens is 375 g/mol. The molecule has 30 heavy (non-hydrogen) atoms. The van der Waals surface area contributed by atoms with Gasteiger partial charge >= 0.3 is 0 Å². The van der Waals surface area contributed by atoms with Crippen LogP contribution in [-0.2, 0) is 19.5 Å². The van der Waals surface area contributed by atoms with E-state index in [0.717, 1.165) is 30.8 Å². The third-order valence-corrected chi connectivity index (χ3v) is 5.41. The second-order valence-corrected chi connectivity index (χ2v) is 8.48. The third-order valence-electron chi connectivity index (χ3n) is 5.41. The highest BCUT2D eigenvalue weighted by Gasteiger charge is 2.15. The van der Waals surface area contributed by atoms with Crippen molar-refractivity contribution in [3.63, 3.8) is 0 Å². The Bertz CT molecular complexity index is 891. The van der Waals surface area contributed by atoms with Gasteiger partial charge in [0.15, 0.2) is 0 Å². The Morgan fingerprint density at radius 3 is 2.43 bits per heavy atom. The van der Waals surface area contributed by atoms with Gasteiger partial charge in [-0.05, 0) is 49.1 Å². The molecule has 0 saturated carbocycles. The van der Waals surface area contributed by atoms with Gasteiger partial charge < -0.3 is 9.67 Å². The highest BCUT2D eigenvalue weighted by Crippen LogP contribution is 2.15. The number of hydrogen-bond acceptors (Lipinski definition) is 2. The van der Waals surface area contributed by atoms with Crippen LogP contribution in [0.3, 0.4) is 0 Å².